The molecule has 4 nitrogen and oxygen atoms in total. The number of hydrogen-bond donors (Lipinski definition) is 1. The van der Waals surface area contributed by atoms with Crippen molar-refractivity contribution in [3.63, 3.8) is 0 Å². The zero-order valence-corrected chi connectivity index (χ0v) is 37.2. The first-order valence-electron chi connectivity index (χ1n) is 23.4. The fourth-order valence-corrected chi connectivity index (χ4v) is 10.9. The second kappa shape index (κ2) is 16.3. The second-order valence-corrected chi connectivity index (χ2v) is 17.8. The SMILES string of the molecule is c1ccc(-c2ccc(C3=NC(c4cccc(-c5ccc(-c6ccc7c(c6)-c6ccccc6C76c7ccccc7N(c7ccccc7)c7ccccc76)cc5)c4)=NC(c4ccccc4)[NH2+]3)cc2)cc1. The lowest BCUT2D eigenvalue weighted by molar-refractivity contribution is -0.586. The van der Waals surface area contributed by atoms with Crippen molar-refractivity contribution in [2.75, 3.05) is 4.90 Å². The van der Waals surface area contributed by atoms with E-state index in [-0.39, 0.29) is 6.17 Å². The van der Waals surface area contributed by atoms with Gasteiger partial charge >= 0.3 is 0 Å². The predicted molar refractivity (Wildman–Crippen MR) is 279 cm³/mol. The van der Waals surface area contributed by atoms with Crippen LogP contribution in [0.5, 0.6) is 0 Å². The highest BCUT2D eigenvalue weighted by molar-refractivity contribution is 6.10. The Kier molecular flexibility index (Phi) is 9.52. The van der Waals surface area contributed by atoms with Crippen molar-refractivity contribution in [2.24, 2.45) is 9.98 Å². The van der Waals surface area contributed by atoms with E-state index in [1.165, 1.54) is 67.0 Å². The number of anilines is 3. The Labute approximate surface area is 396 Å². The number of hydrogen-bond acceptors (Lipinski definition) is 3. The molecule has 1 atom stereocenters. The summed E-state index contributed by atoms with van der Waals surface area (Å²) in [7, 11) is 0. The molecule has 0 saturated heterocycles. The van der Waals surface area contributed by atoms with Gasteiger partial charge in [-0.2, -0.15) is 4.99 Å². The Bertz CT molecular complexity index is 3530. The summed E-state index contributed by atoms with van der Waals surface area (Å²) in [6, 6.07) is 92.3. The van der Waals surface area contributed by atoms with Crippen LogP contribution in [0.25, 0.3) is 44.5 Å². The molecule has 0 fully saturated rings. The third kappa shape index (κ3) is 6.49. The van der Waals surface area contributed by atoms with Crippen LogP contribution < -0.4 is 10.2 Å². The zero-order valence-electron chi connectivity index (χ0n) is 37.2. The van der Waals surface area contributed by atoms with E-state index >= 15 is 0 Å². The molecule has 4 heteroatoms. The van der Waals surface area contributed by atoms with Crippen LogP contribution in [0.1, 0.15) is 45.1 Å². The van der Waals surface area contributed by atoms with Crippen LogP contribution in [0, 0.1) is 0 Å². The van der Waals surface area contributed by atoms with Crippen molar-refractivity contribution in [3.8, 4) is 44.5 Å². The lowest BCUT2D eigenvalue weighted by Crippen LogP contribution is -2.90. The molecular weight excluding hydrogens is 825 g/mol. The van der Waals surface area contributed by atoms with Crippen LogP contribution in [0.3, 0.4) is 0 Å². The molecule has 10 aromatic carbocycles. The Hall–Kier alpha value is -8.70. The average Bonchev–Trinajstić information content (AvgIpc) is 3.71. The Morgan fingerprint density at radius 1 is 0.353 bits per heavy atom. The standard InChI is InChI=1S/C64H44N4/c1-4-17-43(18-5-1)44-35-37-48(38-36-44)62-65-61(47-19-6-2-7-20-47)66-63(67-62)51-22-16-21-49(41-51)45-31-33-46(34-32-45)50-39-40-56-54(42-50)53-25-10-11-26-55(53)64(56)57-27-12-14-29-59(57)68(52-23-8-3-9-24-52)60-30-15-13-28-58(60)64/h1-42,61H,(H,65,66,67)/p+1. The molecule has 0 aromatic heterocycles. The van der Waals surface area contributed by atoms with Crippen molar-refractivity contribution in [3.05, 3.63) is 294 Å². The normalized spacial score (nSPS) is 15.1. The molecule has 3 aliphatic rings. The van der Waals surface area contributed by atoms with Crippen molar-refractivity contribution < 1.29 is 5.32 Å². The summed E-state index contributed by atoms with van der Waals surface area (Å²) in [4.78, 5) is 12.9. The van der Waals surface area contributed by atoms with Gasteiger partial charge in [-0.05, 0) is 115 Å². The molecule has 68 heavy (non-hydrogen) atoms. The third-order valence-electron chi connectivity index (χ3n) is 14.1. The van der Waals surface area contributed by atoms with E-state index in [1.54, 1.807) is 0 Å². The van der Waals surface area contributed by atoms with Gasteiger partial charge in [-0.1, -0.05) is 206 Å². The van der Waals surface area contributed by atoms with Gasteiger partial charge in [-0.25, -0.2) is 4.99 Å². The molecule has 0 bridgehead atoms. The van der Waals surface area contributed by atoms with Crippen LogP contribution in [-0.2, 0) is 5.41 Å². The van der Waals surface area contributed by atoms with Gasteiger partial charge in [0, 0.05) is 16.8 Å². The van der Waals surface area contributed by atoms with Crippen LogP contribution in [-0.4, -0.2) is 11.7 Å². The van der Waals surface area contributed by atoms with E-state index in [0.717, 1.165) is 45.2 Å². The predicted octanol–water partition coefficient (Wildman–Crippen LogP) is 14.3. The summed E-state index contributed by atoms with van der Waals surface area (Å²) in [5, 5.41) is 2.18. The molecule has 10 aromatic rings. The molecule has 320 valence electrons. The first kappa shape index (κ1) is 39.6. The first-order valence-corrected chi connectivity index (χ1v) is 23.4. The van der Waals surface area contributed by atoms with Crippen LogP contribution in [0.2, 0.25) is 0 Å². The van der Waals surface area contributed by atoms with Crippen molar-refractivity contribution >= 4 is 28.7 Å². The molecule has 13 rings (SSSR count). The van der Waals surface area contributed by atoms with E-state index in [1.807, 2.05) is 0 Å². The largest absolute Gasteiger partial charge is 0.310 e. The lowest BCUT2D eigenvalue weighted by atomic mass is 9.64. The number of nitrogens with zero attached hydrogens (tertiary/aromatic N) is 3. The number of benzene rings is 10. The maximum Gasteiger partial charge on any atom is 0.235 e. The number of rotatable bonds is 7. The minimum absolute atomic E-state index is 0.156. The van der Waals surface area contributed by atoms with Gasteiger partial charge in [0.05, 0.1) is 22.4 Å². The number of nitrogens with two attached hydrogens (primary N) is 1. The summed E-state index contributed by atoms with van der Waals surface area (Å²) in [5.41, 5.74) is 21.1. The summed E-state index contributed by atoms with van der Waals surface area (Å²) in [6.45, 7) is 0. The minimum atomic E-state index is -0.475. The van der Waals surface area contributed by atoms with Gasteiger partial charge in [0.1, 0.15) is 0 Å². The fraction of sp³-hybridized carbons (Fsp3) is 0.0312. The quantitative estimate of drug-likeness (QED) is 0.170. The topological polar surface area (TPSA) is 44.6 Å². The van der Waals surface area contributed by atoms with E-state index in [2.05, 4.69) is 265 Å². The summed E-state index contributed by atoms with van der Waals surface area (Å²) >= 11 is 0. The van der Waals surface area contributed by atoms with Gasteiger partial charge in [0.2, 0.25) is 12.0 Å². The van der Waals surface area contributed by atoms with Crippen molar-refractivity contribution in [1.29, 1.82) is 0 Å². The van der Waals surface area contributed by atoms with Crippen molar-refractivity contribution in [2.45, 2.75) is 11.6 Å². The Balaban J connectivity index is 0.850. The molecule has 1 spiro atoms. The maximum absolute atomic E-state index is 5.24. The highest BCUT2D eigenvalue weighted by Gasteiger charge is 2.51. The highest BCUT2D eigenvalue weighted by atomic mass is 15.2. The molecule has 2 aliphatic heterocycles. The number of para-hydroxylation sites is 3. The van der Waals surface area contributed by atoms with Crippen molar-refractivity contribution in [1.82, 2.24) is 0 Å². The summed E-state index contributed by atoms with van der Waals surface area (Å²) in [5.74, 6) is 1.65. The maximum atomic E-state index is 5.24. The summed E-state index contributed by atoms with van der Waals surface area (Å²) < 4.78 is 0. The summed E-state index contributed by atoms with van der Waals surface area (Å²) in [6.07, 6.45) is -0.156. The van der Waals surface area contributed by atoms with Crippen LogP contribution in [0.4, 0.5) is 17.1 Å². The Morgan fingerprint density at radius 3 is 1.50 bits per heavy atom. The number of fused-ring (bicyclic) bond motifs is 9. The Morgan fingerprint density at radius 2 is 0.824 bits per heavy atom. The smallest absolute Gasteiger partial charge is 0.235 e. The van der Waals surface area contributed by atoms with E-state index in [9.17, 15) is 0 Å². The van der Waals surface area contributed by atoms with Gasteiger partial charge in [-0.15, -0.1) is 0 Å². The van der Waals surface area contributed by atoms with Gasteiger partial charge in [0.25, 0.3) is 0 Å². The van der Waals surface area contributed by atoms with E-state index < -0.39 is 5.41 Å². The first-order chi connectivity index (χ1) is 33.7. The third-order valence-corrected chi connectivity index (χ3v) is 14.1. The van der Waals surface area contributed by atoms with E-state index in [0.29, 0.717) is 0 Å². The molecule has 1 aliphatic carbocycles. The monoisotopic (exact) mass is 869 g/mol. The molecule has 0 saturated carbocycles. The number of quaternary nitrogens is 1. The van der Waals surface area contributed by atoms with Gasteiger partial charge in [-0.3, -0.25) is 5.32 Å². The van der Waals surface area contributed by atoms with E-state index in [4.69, 9.17) is 9.98 Å². The molecule has 1 unspecified atom stereocenters. The fourth-order valence-electron chi connectivity index (χ4n) is 10.9. The average molecular weight is 870 g/mol. The van der Waals surface area contributed by atoms with Crippen LogP contribution >= 0.6 is 0 Å². The molecule has 2 heterocycles. The van der Waals surface area contributed by atoms with Crippen LogP contribution in [0.15, 0.2) is 265 Å². The number of amidine groups is 2. The molecule has 2 N–H and O–H groups in total. The highest BCUT2D eigenvalue weighted by Crippen LogP contribution is 2.63. The minimum Gasteiger partial charge on any atom is -0.310 e. The lowest BCUT2D eigenvalue weighted by Gasteiger charge is -2.45. The molecule has 0 amide bonds. The zero-order chi connectivity index (χ0) is 45.0. The number of aliphatic imine (C=N–C) groups is 2. The molecular formula is C64H45N4+. The van der Waals surface area contributed by atoms with Gasteiger partial charge < -0.3 is 4.90 Å². The molecule has 0 radical (unpaired) electrons. The second-order valence-electron chi connectivity index (χ2n) is 17.8. The van der Waals surface area contributed by atoms with Gasteiger partial charge in [0.15, 0.2) is 5.84 Å².